The molecule has 3 heterocycles. The van der Waals surface area contributed by atoms with Crippen molar-refractivity contribution in [2.75, 3.05) is 45.5 Å². The van der Waals surface area contributed by atoms with E-state index >= 15 is 0 Å². The number of hydrogen-bond donors (Lipinski definition) is 0. The molecule has 0 spiro atoms. The van der Waals surface area contributed by atoms with Crippen LogP contribution in [-0.4, -0.2) is 74.4 Å². The number of ether oxygens (including phenoxy) is 5. The third-order valence-corrected chi connectivity index (χ3v) is 13.3. The van der Waals surface area contributed by atoms with Crippen molar-refractivity contribution in [2.45, 2.75) is 65.7 Å². The van der Waals surface area contributed by atoms with Gasteiger partial charge >= 0.3 is 5.97 Å². The number of esters is 1. The number of rotatable bonds is 19. The van der Waals surface area contributed by atoms with Crippen LogP contribution >= 0.6 is 22.7 Å². The number of halogens is 1. The average molecular weight is 883 g/mol. The van der Waals surface area contributed by atoms with E-state index in [-0.39, 0.29) is 31.3 Å². The molecule has 6 aromatic rings. The van der Waals surface area contributed by atoms with E-state index in [2.05, 4.69) is 63.4 Å². The van der Waals surface area contributed by atoms with Gasteiger partial charge in [-0.15, -0.1) is 21.5 Å². The Morgan fingerprint density at radius 1 is 1.00 bits per heavy atom. The van der Waals surface area contributed by atoms with Gasteiger partial charge in [-0.25, -0.2) is 14.2 Å². The summed E-state index contributed by atoms with van der Waals surface area (Å²) in [5, 5.41) is 9.57. The van der Waals surface area contributed by atoms with E-state index in [1.807, 2.05) is 56.4 Å². The summed E-state index contributed by atoms with van der Waals surface area (Å²) >= 11 is 2.93. The molecule has 0 aliphatic heterocycles. The maximum absolute atomic E-state index is 15.0. The van der Waals surface area contributed by atoms with E-state index in [1.54, 1.807) is 42.4 Å². The number of methoxy groups -OCH3 is 1. The first-order valence-electron chi connectivity index (χ1n) is 20.0. The van der Waals surface area contributed by atoms with Gasteiger partial charge in [0.1, 0.15) is 19.1 Å². The fourth-order valence-electron chi connectivity index (χ4n) is 5.89. The monoisotopic (exact) mass is 882 g/mol. The Labute approximate surface area is 365 Å². The zero-order valence-corrected chi connectivity index (χ0v) is 38.3. The molecule has 0 radical (unpaired) electrons. The minimum Gasteiger partial charge on any atom is -0.497 e. The van der Waals surface area contributed by atoms with E-state index < -0.39 is 19.9 Å². The molecule has 0 saturated heterocycles. The first-order chi connectivity index (χ1) is 29.4. The molecular weight excluding hydrogens is 832 g/mol. The number of nitrogens with zero attached hydrogens (tertiary/aromatic N) is 6. The first-order valence-corrected chi connectivity index (χ1v) is 25.3. The van der Waals surface area contributed by atoms with Crippen LogP contribution < -0.4 is 19.2 Å². The molecule has 12 nitrogen and oxygen atoms in total. The number of carbonyl (C=O) groups excluding carboxylic acids is 1. The number of benzene rings is 3. The van der Waals surface area contributed by atoms with Crippen LogP contribution in [0.2, 0.25) is 25.7 Å². The summed E-state index contributed by atoms with van der Waals surface area (Å²) in [5.74, 6) is 6.76. The van der Waals surface area contributed by atoms with Gasteiger partial charge in [-0.05, 0) is 92.4 Å². The molecule has 0 aliphatic carbocycles. The highest BCUT2D eigenvalue weighted by Gasteiger charge is 2.23. The van der Waals surface area contributed by atoms with Crippen LogP contribution in [0.3, 0.4) is 0 Å². The number of fused-ring (bicyclic) bond motifs is 1. The SMILES string of the molecule is CCOC(=O)c1nc(N(C)c2cc(C)c(/N=c3\sc4ccccc4n3COCC[Si](C)(C)C)nn2)sc1CCCOc1ccc(C#CCOCc2ccc(OC)cc2)cc1F. The van der Waals surface area contributed by atoms with Crippen LogP contribution in [0, 0.1) is 24.6 Å². The maximum atomic E-state index is 15.0. The second kappa shape index (κ2) is 21.4. The van der Waals surface area contributed by atoms with Gasteiger partial charge < -0.3 is 28.6 Å². The molecule has 3 aromatic heterocycles. The number of anilines is 2. The van der Waals surface area contributed by atoms with Gasteiger partial charge in [0.15, 0.2) is 38.8 Å². The number of thiazole rings is 2. The topological polar surface area (TPSA) is 122 Å². The van der Waals surface area contributed by atoms with E-state index in [9.17, 15) is 9.18 Å². The van der Waals surface area contributed by atoms with Crippen LogP contribution in [0.25, 0.3) is 10.2 Å². The second-order valence-corrected chi connectivity index (χ2v) is 22.9. The second-order valence-electron chi connectivity index (χ2n) is 15.2. The largest absolute Gasteiger partial charge is 0.497 e. The van der Waals surface area contributed by atoms with Crippen molar-refractivity contribution in [3.63, 3.8) is 0 Å². The molecule has 0 N–H and O–H groups in total. The lowest BCUT2D eigenvalue weighted by Crippen LogP contribution is -2.23. The van der Waals surface area contributed by atoms with Crippen molar-refractivity contribution >= 4 is 63.7 Å². The Bertz CT molecular complexity index is 2560. The van der Waals surface area contributed by atoms with E-state index in [1.165, 1.54) is 17.4 Å². The smallest absolute Gasteiger partial charge is 0.358 e. The molecule has 0 atom stereocenters. The normalized spacial score (nSPS) is 11.7. The lowest BCUT2D eigenvalue weighted by Gasteiger charge is -2.16. The van der Waals surface area contributed by atoms with Gasteiger partial charge in [0.05, 0.1) is 37.1 Å². The summed E-state index contributed by atoms with van der Waals surface area (Å²) in [4.78, 5) is 25.9. The first kappa shape index (κ1) is 45.1. The summed E-state index contributed by atoms with van der Waals surface area (Å²) in [5.41, 5.74) is 3.62. The molecule has 61 heavy (non-hydrogen) atoms. The number of para-hydroxylation sites is 1. The van der Waals surface area contributed by atoms with Gasteiger partial charge in [0, 0.05) is 32.2 Å². The summed E-state index contributed by atoms with van der Waals surface area (Å²) in [6, 6.07) is 23.4. The predicted octanol–water partition coefficient (Wildman–Crippen LogP) is 9.47. The third kappa shape index (κ3) is 12.6. The standard InChI is InChI=1S/C45H51FN6O6S2Si/c1-8-57-43(53)41-39(16-12-24-58-37-22-19-32(28-35(37)46)13-11-23-55-29-33-17-20-34(54-4)21-18-33)60-44(47-41)51(3)40-27-31(2)42(50-49-40)48-45-52(30-56-25-26-61(5,6)7)36-14-9-10-15-38(36)59-45/h9-10,14-15,17-22,27-28H,8,12,16,23-26,29-30H2,1-7H3/b48-45-. The Morgan fingerprint density at radius 2 is 1.80 bits per heavy atom. The molecule has 320 valence electrons. The van der Waals surface area contributed by atoms with Gasteiger partial charge in [-0.1, -0.05) is 67.1 Å². The van der Waals surface area contributed by atoms with Crippen LogP contribution in [0.1, 0.15) is 45.4 Å². The van der Waals surface area contributed by atoms with Crippen molar-refractivity contribution in [3.8, 4) is 23.3 Å². The summed E-state index contributed by atoms with van der Waals surface area (Å²) in [6.07, 6.45) is 0.960. The molecule has 0 fully saturated rings. The fourth-order valence-corrected chi connectivity index (χ4v) is 8.73. The highest BCUT2D eigenvalue weighted by atomic mass is 32.1. The lowest BCUT2D eigenvalue weighted by molar-refractivity contribution is 0.0519. The van der Waals surface area contributed by atoms with Crippen LogP contribution in [0.4, 0.5) is 21.2 Å². The zero-order chi connectivity index (χ0) is 43.4. The Morgan fingerprint density at radius 3 is 2.54 bits per heavy atom. The highest BCUT2D eigenvalue weighted by molar-refractivity contribution is 7.16. The summed E-state index contributed by atoms with van der Waals surface area (Å²) < 4.78 is 46.2. The van der Waals surface area contributed by atoms with Crippen molar-refractivity contribution in [1.29, 1.82) is 0 Å². The van der Waals surface area contributed by atoms with Gasteiger partial charge in [-0.3, -0.25) is 4.57 Å². The number of aryl methyl sites for hydroxylation is 2. The minimum absolute atomic E-state index is 0.119. The summed E-state index contributed by atoms with van der Waals surface area (Å²) in [7, 11) is 2.22. The number of aromatic nitrogens is 4. The Balaban J connectivity index is 1.08. The molecule has 0 amide bonds. The summed E-state index contributed by atoms with van der Waals surface area (Å²) in [6.45, 7) is 12.8. The van der Waals surface area contributed by atoms with Crippen LogP contribution in [0.15, 0.2) is 77.8 Å². The number of hydrogen-bond acceptors (Lipinski definition) is 13. The van der Waals surface area contributed by atoms with Gasteiger partial charge in [0.2, 0.25) is 0 Å². The Hall–Kier alpha value is -5.44. The predicted molar refractivity (Wildman–Crippen MR) is 242 cm³/mol. The van der Waals surface area contributed by atoms with Crippen molar-refractivity contribution < 1.29 is 32.9 Å². The van der Waals surface area contributed by atoms with Crippen molar-refractivity contribution in [3.05, 3.63) is 111 Å². The quantitative estimate of drug-likeness (QED) is 0.0337. The van der Waals surface area contributed by atoms with E-state index in [0.29, 0.717) is 55.1 Å². The highest BCUT2D eigenvalue weighted by Crippen LogP contribution is 2.32. The lowest BCUT2D eigenvalue weighted by atomic mass is 10.2. The number of carbonyl (C=O) groups is 1. The molecule has 3 aromatic carbocycles. The molecule has 0 saturated carbocycles. The van der Waals surface area contributed by atoms with E-state index in [0.717, 1.165) is 42.8 Å². The third-order valence-electron chi connectivity index (χ3n) is 9.31. The molecular formula is C45H51FN6O6S2Si. The molecule has 16 heteroatoms. The molecule has 0 unspecified atom stereocenters. The molecule has 6 rings (SSSR count). The zero-order valence-electron chi connectivity index (χ0n) is 35.6. The van der Waals surface area contributed by atoms with Crippen LogP contribution in [0.5, 0.6) is 11.5 Å². The molecule has 0 bridgehead atoms. The minimum atomic E-state index is -1.23. The van der Waals surface area contributed by atoms with Crippen LogP contribution in [-0.2, 0) is 34.0 Å². The average Bonchev–Trinajstić information content (AvgIpc) is 3.83. The van der Waals surface area contributed by atoms with Crippen molar-refractivity contribution in [2.24, 2.45) is 4.99 Å². The Kier molecular flexibility index (Phi) is 15.8. The van der Waals surface area contributed by atoms with Gasteiger partial charge in [0.25, 0.3) is 0 Å². The fraction of sp³-hybridized carbons (Fsp3) is 0.356. The molecule has 0 aliphatic rings. The van der Waals surface area contributed by atoms with Crippen molar-refractivity contribution in [1.82, 2.24) is 19.7 Å². The maximum Gasteiger partial charge on any atom is 0.358 e. The van der Waals surface area contributed by atoms with E-state index in [4.69, 9.17) is 28.7 Å². The van der Waals surface area contributed by atoms with Gasteiger partial charge in [-0.2, -0.15) is 4.99 Å².